The van der Waals surface area contributed by atoms with Gasteiger partial charge in [0.2, 0.25) is 0 Å². The molecule has 2 heteroatoms. The van der Waals surface area contributed by atoms with Crippen molar-refractivity contribution < 1.29 is 4.74 Å². The van der Waals surface area contributed by atoms with Crippen LogP contribution in [0, 0.1) is 0 Å². The molecule has 0 fully saturated rings. The predicted molar refractivity (Wildman–Crippen MR) is 82.1 cm³/mol. The molecule has 2 aromatic rings. The number of nitrogens with one attached hydrogen (secondary N) is 1. The SMILES string of the molecule is COc1cccc2c1CC[C@H](NCc1ccccc1)C2. The molecule has 0 aliphatic heterocycles. The van der Waals surface area contributed by atoms with Crippen LogP contribution in [-0.2, 0) is 19.4 Å². The maximum Gasteiger partial charge on any atom is 0.122 e. The Labute approximate surface area is 120 Å². The van der Waals surface area contributed by atoms with E-state index in [-0.39, 0.29) is 0 Å². The second-order valence-electron chi connectivity index (χ2n) is 5.40. The fourth-order valence-corrected chi connectivity index (χ4v) is 3.00. The van der Waals surface area contributed by atoms with Crippen molar-refractivity contribution in [1.82, 2.24) is 5.32 Å². The van der Waals surface area contributed by atoms with Crippen LogP contribution in [0.25, 0.3) is 0 Å². The molecule has 1 atom stereocenters. The number of methoxy groups -OCH3 is 1. The summed E-state index contributed by atoms with van der Waals surface area (Å²) in [4.78, 5) is 0. The lowest BCUT2D eigenvalue weighted by Gasteiger charge is -2.27. The van der Waals surface area contributed by atoms with Gasteiger partial charge in [-0.1, -0.05) is 42.5 Å². The van der Waals surface area contributed by atoms with Gasteiger partial charge in [-0.25, -0.2) is 0 Å². The normalized spacial score (nSPS) is 17.6. The molecule has 2 nitrogen and oxygen atoms in total. The van der Waals surface area contributed by atoms with Gasteiger partial charge in [0.15, 0.2) is 0 Å². The summed E-state index contributed by atoms with van der Waals surface area (Å²) in [5.41, 5.74) is 4.18. The lowest BCUT2D eigenvalue weighted by molar-refractivity contribution is 0.397. The first kappa shape index (κ1) is 13.2. The lowest BCUT2D eigenvalue weighted by atomic mass is 9.87. The second-order valence-corrected chi connectivity index (χ2v) is 5.40. The van der Waals surface area contributed by atoms with Crippen LogP contribution in [0.2, 0.25) is 0 Å². The number of ether oxygens (including phenoxy) is 1. The van der Waals surface area contributed by atoms with Gasteiger partial charge in [0.05, 0.1) is 7.11 Å². The minimum atomic E-state index is 0.565. The van der Waals surface area contributed by atoms with Gasteiger partial charge < -0.3 is 10.1 Å². The van der Waals surface area contributed by atoms with Gasteiger partial charge in [-0.15, -0.1) is 0 Å². The fraction of sp³-hybridized carbons (Fsp3) is 0.333. The predicted octanol–water partition coefficient (Wildman–Crippen LogP) is 3.34. The molecule has 1 aliphatic rings. The van der Waals surface area contributed by atoms with Crippen molar-refractivity contribution in [2.24, 2.45) is 0 Å². The molecule has 0 spiro atoms. The van der Waals surface area contributed by atoms with E-state index in [1.54, 1.807) is 7.11 Å². The smallest absolute Gasteiger partial charge is 0.122 e. The van der Waals surface area contributed by atoms with Crippen molar-refractivity contribution in [3.8, 4) is 5.75 Å². The minimum Gasteiger partial charge on any atom is -0.496 e. The molecule has 3 rings (SSSR count). The van der Waals surface area contributed by atoms with Crippen LogP contribution in [0.3, 0.4) is 0 Å². The zero-order chi connectivity index (χ0) is 13.8. The highest BCUT2D eigenvalue weighted by Gasteiger charge is 2.20. The zero-order valence-corrected chi connectivity index (χ0v) is 11.9. The molecule has 0 aromatic heterocycles. The van der Waals surface area contributed by atoms with Crippen molar-refractivity contribution in [3.63, 3.8) is 0 Å². The first-order valence-corrected chi connectivity index (χ1v) is 7.29. The van der Waals surface area contributed by atoms with Crippen LogP contribution < -0.4 is 10.1 Å². The van der Waals surface area contributed by atoms with E-state index in [1.807, 2.05) is 0 Å². The lowest BCUT2D eigenvalue weighted by Crippen LogP contribution is -2.34. The van der Waals surface area contributed by atoms with Gasteiger partial charge in [-0.3, -0.25) is 0 Å². The van der Waals surface area contributed by atoms with Crippen molar-refractivity contribution in [3.05, 3.63) is 65.2 Å². The summed E-state index contributed by atoms with van der Waals surface area (Å²) < 4.78 is 5.46. The van der Waals surface area contributed by atoms with Gasteiger partial charge in [0, 0.05) is 12.6 Å². The van der Waals surface area contributed by atoms with Crippen LogP contribution in [0.5, 0.6) is 5.75 Å². The topological polar surface area (TPSA) is 21.3 Å². The first-order chi connectivity index (χ1) is 9.86. The van der Waals surface area contributed by atoms with E-state index >= 15 is 0 Å². The van der Waals surface area contributed by atoms with Gasteiger partial charge >= 0.3 is 0 Å². The van der Waals surface area contributed by atoms with E-state index in [1.165, 1.54) is 23.1 Å². The van der Waals surface area contributed by atoms with Crippen LogP contribution >= 0.6 is 0 Å². The third-order valence-electron chi connectivity index (χ3n) is 4.10. The molecule has 0 saturated carbocycles. The molecule has 0 amide bonds. The molecular formula is C18H21NO. The van der Waals surface area contributed by atoms with E-state index < -0.39 is 0 Å². The maximum absolute atomic E-state index is 5.46. The number of hydrogen-bond acceptors (Lipinski definition) is 2. The molecule has 0 saturated heterocycles. The summed E-state index contributed by atoms with van der Waals surface area (Å²) >= 11 is 0. The number of benzene rings is 2. The van der Waals surface area contributed by atoms with Crippen LogP contribution in [0.15, 0.2) is 48.5 Å². The highest BCUT2D eigenvalue weighted by Crippen LogP contribution is 2.29. The summed E-state index contributed by atoms with van der Waals surface area (Å²) in [7, 11) is 1.76. The Bertz CT molecular complexity index is 565. The Morgan fingerprint density at radius 3 is 2.75 bits per heavy atom. The van der Waals surface area contributed by atoms with Crippen LogP contribution in [0.4, 0.5) is 0 Å². The van der Waals surface area contributed by atoms with Crippen molar-refractivity contribution >= 4 is 0 Å². The number of hydrogen-bond donors (Lipinski definition) is 1. The average Bonchev–Trinajstić information content (AvgIpc) is 2.53. The molecule has 0 heterocycles. The molecule has 20 heavy (non-hydrogen) atoms. The summed E-state index contributed by atoms with van der Waals surface area (Å²) in [6.07, 6.45) is 3.38. The third kappa shape index (κ3) is 2.86. The standard InChI is InChI=1S/C18H21NO/c1-20-18-9-5-8-15-12-16(10-11-17(15)18)19-13-14-6-3-2-4-7-14/h2-9,16,19H,10-13H2,1H3/t16-/m0/s1. The highest BCUT2D eigenvalue weighted by atomic mass is 16.5. The van der Waals surface area contributed by atoms with Gasteiger partial charge in [0.1, 0.15) is 5.75 Å². The van der Waals surface area contributed by atoms with Crippen molar-refractivity contribution in [1.29, 1.82) is 0 Å². The summed E-state index contributed by atoms with van der Waals surface area (Å²) in [5.74, 6) is 1.05. The molecule has 0 radical (unpaired) electrons. The summed E-state index contributed by atoms with van der Waals surface area (Å²) in [6.45, 7) is 0.949. The quantitative estimate of drug-likeness (QED) is 0.917. The molecule has 104 valence electrons. The van der Waals surface area contributed by atoms with Crippen molar-refractivity contribution in [2.75, 3.05) is 7.11 Å². The second kappa shape index (κ2) is 6.10. The Balaban J connectivity index is 1.64. The number of fused-ring (bicyclic) bond motifs is 1. The number of rotatable bonds is 4. The van der Waals surface area contributed by atoms with Crippen LogP contribution in [-0.4, -0.2) is 13.2 Å². The fourth-order valence-electron chi connectivity index (χ4n) is 3.00. The molecule has 1 N–H and O–H groups in total. The van der Waals surface area contributed by atoms with E-state index in [2.05, 4.69) is 53.8 Å². The van der Waals surface area contributed by atoms with E-state index in [4.69, 9.17) is 4.74 Å². The minimum absolute atomic E-state index is 0.565. The molecule has 1 aliphatic carbocycles. The van der Waals surface area contributed by atoms with Gasteiger partial charge in [-0.2, -0.15) is 0 Å². The average molecular weight is 267 g/mol. The Kier molecular flexibility index (Phi) is 4.03. The maximum atomic E-state index is 5.46. The van der Waals surface area contributed by atoms with E-state index in [0.29, 0.717) is 6.04 Å². The monoisotopic (exact) mass is 267 g/mol. The Morgan fingerprint density at radius 1 is 1.10 bits per heavy atom. The molecule has 2 aromatic carbocycles. The molecule has 0 bridgehead atoms. The van der Waals surface area contributed by atoms with Gasteiger partial charge in [-0.05, 0) is 42.0 Å². The van der Waals surface area contributed by atoms with E-state index in [9.17, 15) is 0 Å². The largest absolute Gasteiger partial charge is 0.496 e. The summed E-state index contributed by atoms with van der Waals surface area (Å²) in [5, 5.41) is 3.68. The first-order valence-electron chi connectivity index (χ1n) is 7.29. The highest BCUT2D eigenvalue weighted by molar-refractivity contribution is 5.42. The zero-order valence-electron chi connectivity index (χ0n) is 11.9. The van der Waals surface area contributed by atoms with Gasteiger partial charge in [0.25, 0.3) is 0 Å². The molecule has 0 unspecified atom stereocenters. The Hall–Kier alpha value is -1.80. The summed E-state index contributed by atoms with van der Waals surface area (Å²) in [6, 6.07) is 17.6. The molecular weight excluding hydrogens is 246 g/mol. The Morgan fingerprint density at radius 2 is 1.95 bits per heavy atom. The van der Waals surface area contributed by atoms with Crippen LogP contribution in [0.1, 0.15) is 23.1 Å². The van der Waals surface area contributed by atoms with E-state index in [0.717, 1.165) is 25.1 Å². The van der Waals surface area contributed by atoms with Crippen molar-refractivity contribution in [2.45, 2.75) is 31.8 Å². The third-order valence-corrected chi connectivity index (χ3v) is 4.10.